The number of aromatic nitrogens is 1. The van der Waals surface area contributed by atoms with Gasteiger partial charge in [0.2, 0.25) is 0 Å². The molecule has 2 atom stereocenters. The number of nitrogens with zero attached hydrogens (tertiary/aromatic N) is 2. The summed E-state index contributed by atoms with van der Waals surface area (Å²) in [5.74, 6) is -1.21. The lowest BCUT2D eigenvalue weighted by Crippen LogP contribution is -2.57. The van der Waals surface area contributed by atoms with Crippen LogP contribution in [0.1, 0.15) is 36.3 Å². The highest BCUT2D eigenvalue weighted by atomic mass is 16.4. The standard InChI is InChI=1S/C16H16N2O4/c1-16(2)6-12-11(14(20)18(12)13(16)15(21)22)5-10-4-3-9(8-19)7-17-10/h3-5,7-8,12-13H,6H2,1-2H3,(H,21,22)/b11-5+/t12?,13-/m0/s1. The first kappa shape index (κ1) is 14.4. The van der Waals surface area contributed by atoms with Crippen molar-refractivity contribution in [3.8, 4) is 0 Å². The molecule has 6 heteroatoms. The smallest absolute Gasteiger partial charge is 0.327 e. The molecule has 2 aliphatic rings. The molecule has 0 aromatic carbocycles. The summed E-state index contributed by atoms with van der Waals surface area (Å²) in [6.07, 6.45) is 4.45. The van der Waals surface area contributed by atoms with E-state index in [-0.39, 0.29) is 11.9 Å². The van der Waals surface area contributed by atoms with E-state index in [2.05, 4.69) is 4.98 Å². The molecule has 0 spiro atoms. The SMILES string of the molecule is CC1(C)CC2/C(=C\c3ccc(C=O)cn3)C(=O)N2[C@H]1C(=O)O. The Morgan fingerprint density at radius 3 is 2.73 bits per heavy atom. The van der Waals surface area contributed by atoms with Gasteiger partial charge in [0.15, 0.2) is 6.29 Å². The second-order valence-corrected chi connectivity index (χ2v) is 6.40. The first-order chi connectivity index (χ1) is 10.3. The molecule has 1 aromatic heterocycles. The molecular weight excluding hydrogens is 284 g/mol. The van der Waals surface area contributed by atoms with Crippen molar-refractivity contribution in [3.05, 3.63) is 35.2 Å². The van der Waals surface area contributed by atoms with E-state index in [9.17, 15) is 19.5 Å². The molecule has 1 aromatic rings. The Kier molecular flexibility index (Phi) is 3.12. The van der Waals surface area contributed by atoms with Gasteiger partial charge in [-0.05, 0) is 30.0 Å². The van der Waals surface area contributed by atoms with Crippen LogP contribution < -0.4 is 0 Å². The van der Waals surface area contributed by atoms with Gasteiger partial charge in [-0.2, -0.15) is 0 Å². The zero-order valence-electron chi connectivity index (χ0n) is 12.3. The normalized spacial score (nSPS) is 27.5. The third kappa shape index (κ3) is 2.03. The lowest BCUT2D eigenvalue weighted by atomic mass is 9.83. The minimum Gasteiger partial charge on any atom is -0.480 e. The van der Waals surface area contributed by atoms with E-state index in [1.54, 1.807) is 18.2 Å². The number of amides is 1. The number of β-lactam (4-membered cyclic amide) rings is 1. The summed E-state index contributed by atoms with van der Waals surface area (Å²) in [7, 11) is 0. The number of carboxylic acid groups (broad SMARTS) is 1. The molecule has 3 heterocycles. The van der Waals surface area contributed by atoms with Crippen molar-refractivity contribution in [1.82, 2.24) is 9.88 Å². The van der Waals surface area contributed by atoms with Crippen molar-refractivity contribution < 1.29 is 19.5 Å². The average Bonchev–Trinajstić information content (AvgIpc) is 2.74. The van der Waals surface area contributed by atoms with Crippen LogP contribution in [-0.2, 0) is 9.59 Å². The van der Waals surface area contributed by atoms with Gasteiger partial charge in [0, 0.05) is 17.3 Å². The molecule has 1 N–H and O–H groups in total. The molecule has 2 saturated heterocycles. The molecule has 1 unspecified atom stereocenters. The predicted molar refractivity (Wildman–Crippen MR) is 78.1 cm³/mol. The molecule has 2 fully saturated rings. The predicted octanol–water partition coefficient (Wildman–Crippen LogP) is 1.37. The zero-order valence-corrected chi connectivity index (χ0v) is 12.3. The molecule has 0 saturated carbocycles. The highest BCUT2D eigenvalue weighted by Gasteiger charge is 2.60. The van der Waals surface area contributed by atoms with Crippen LogP contribution in [0.4, 0.5) is 0 Å². The quantitative estimate of drug-likeness (QED) is 0.517. The summed E-state index contributed by atoms with van der Waals surface area (Å²) in [5, 5.41) is 9.36. The number of carbonyl (C=O) groups is 3. The van der Waals surface area contributed by atoms with E-state index in [1.807, 2.05) is 13.8 Å². The highest BCUT2D eigenvalue weighted by molar-refractivity contribution is 6.08. The molecule has 0 radical (unpaired) electrons. The van der Waals surface area contributed by atoms with Crippen LogP contribution in [0.3, 0.4) is 0 Å². The van der Waals surface area contributed by atoms with Gasteiger partial charge in [-0.3, -0.25) is 14.6 Å². The number of hydrogen-bond donors (Lipinski definition) is 1. The Balaban J connectivity index is 1.89. The Morgan fingerprint density at radius 1 is 1.45 bits per heavy atom. The minimum atomic E-state index is -0.964. The molecule has 114 valence electrons. The van der Waals surface area contributed by atoms with Crippen molar-refractivity contribution in [2.75, 3.05) is 0 Å². The molecule has 0 bridgehead atoms. The first-order valence-electron chi connectivity index (χ1n) is 7.03. The van der Waals surface area contributed by atoms with Gasteiger partial charge >= 0.3 is 5.97 Å². The number of rotatable bonds is 3. The number of fused-ring (bicyclic) bond motifs is 1. The van der Waals surface area contributed by atoms with Crippen LogP contribution in [0.25, 0.3) is 6.08 Å². The van der Waals surface area contributed by atoms with Crippen molar-refractivity contribution in [2.24, 2.45) is 5.41 Å². The summed E-state index contributed by atoms with van der Waals surface area (Å²) in [6.45, 7) is 3.73. The summed E-state index contributed by atoms with van der Waals surface area (Å²) in [4.78, 5) is 39.9. The van der Waals surface area contributed by atoms with E-state index < -0.39 is 17.4 Å². The van der Waals surface area contributed by atoms with Crippen LogP contribution in [-0.4, -0.2) is 45.2 Å². The second kappa shape index (κ2) is 4.76. The zero-order chi connectivity index (χ0) is 16.1. The van der Waals surface area contributed by atoms with Crippen molar-refractivity contribution in [1.29, 1.82) is 0 Å². The van der Waals surface area contributed by atoms with E-state index in [1.165, 1.54) is 11.1 Å². The van der Waals surface area contributed by atoms with Crippen LogP contribution >= 0.6 is 0 Å². The fraction of sp³-hybridized carbons (Fsp3) is 0.375. The van der Waals surface area contributed by atoms with Crippen molar-refractivity contribution in [3.63, 3.8) is 0 Å². The average molecular weight is 300 g/mol. The maximum atomic E-state index is 12.3. The largest absolute Gasteiger partial charge is 0.480 e. The van der Waals surface area contributed by atoms with Gasteiger partial charge in [-0.1, -0.05) is 13.8 Å². The van der Waals surface area contributed by atoms with Gasteiger partial charge in [-0.15, -0.1) is 0 Å². The number of hydrogen-bond acceptors (Lipinski definition) is 4. The third-order valence-corrected chi connectivity index (χ3v) is 4.40. The topological polar surface area (TPSA) is 87.6 Å². The van der Waals surface area contributed by atoms with Crippen molar-refractivity contribution >= 4 is 24.2 Å². The second-order valence-electron chi connectivity index (χ2n) is 6.40. The van der Waals surface area contributed by atoms with E-state index in [0.29, 0.717) is 29.5 Å². The van der Waals surface area contributed by atoms with Gasteiger partial charge < -0.3 is 10.0 Å². The molecule has 1 amide bonds. The fourth-order valence-corrected chi connectivity index (χ4v) is 3.35. The number of aliphatic carboxylic acids is 1. The van der Waals surface area contributed by atoms with E-state index >= 15 is 0 Å². The first-order valence-corrected chi connectivity index (χ1v) is 7.03. The third-order valence-electron chi connectivity index (χ3n) is 4.40. The minimum absolute atomic E-state index is 0.170. The van der Waals surface area contributed by atoms with E-state index in [4.69, 9.17) is 0 Å². The van der Waals surface area contributed by atoms with E-state index in [0.717, 1.165) is 0 Å². The molecule has 22 heavy (non-hydrogen) atoms. The van der Waals surface area contributed by atoms with Crippen molar-refractivity contribution in [2.45, 2.75) is 32.4 Å². The Morgan fingerprint density at radius 2 is 2.18 bits per heavy atom. The Bertz CT molecular complexity index is 691. The maximum Gasteiger partial charge on any atom is 0.327 e. The molecule has 3 rings (SSSR count). The molecule has 2 aliphatic heterocycles. The lowest BCUT2D eigenvalue weighted by molar-refractivity contribution is -0.154. The van der Waals surface area contributed by atoms with Gasteiger partial charge in [-0.25, -0.2) is 4.79 Å². The summed E-state index contributed by atoms with van der Waals surface area (Å²) < 4.78 is 0. The summed E-state index contributed by atoms with van der Waals surface area (Å²) >= 11 is 0. The summed E-state index contributed by atoms with van der Waals surface area (Å²) in [6, 6.07) is 2.34. The summed E-state index contributed by atoms with van der Waals surface area (Å²) in [5.41, 5.74) is 1.18. The number of carbonyl (C=O) groups excluding carboxylic acids is 2. The van der Waals surface area contributed by atoms with Crippen LogP contribution in [0.2, 0.25) is 0 Å². The Hall–Kier alpha value is -2.50. The number of carboxylic acids is 1. The molecule has 6 nitrogen and oxygen atoms in total. The van der Waals surface area contributed by atoms with Gasteiger partial charge in [0.1, 0.15) is 6.04 Å². The van der Waals surface area contributed by atoms with Crippen LogP contribution in [0, 0.1) is 5.41 Å². The van der Waals surface area contributed by atoms with Crippen LogP contribution in [0.15, 0.2) is 23.9 Å². The number of aldehydes is 1. The monoisotopic (exact) mass is 300 g/mol. The number of pyridine rings is 1. The van der Waals surface area contributed by atoms with Gasteiger partial charge in [0.25, 0.3) is 5.91 Å². The molecule has 0 aliphatic carbocycles. The van der Waals surface area contributed by atoms with Gasteiger partial charge in [0.05, 0.1) is 11.7 Å². The highest BCUT2D eigenvalue weighted by Crippen LogP contribution is 2.49. The Labute approximate surface area is 127 Å². The molecular formula is C16H16N2O4. The fourth-order valence-electron chi connectivity index (χ4n) is 3.35. The maximum absolute atomic E-state index is 12.3. The van der Waals surface area contributed by atoms with Crippen LogP contribution in [0.5, 0.6) is 0 Å². The lowest BCUT2D eigenvalue weighted by Gasteiger charge is -2.40.